The third-order valence-corrected chi connectivity index (χ3v) is 2.91. The Hall–Kier alpha value is -1.88. The van der Waals surface area contributed by atoms with Crippen molar-refractivity contribution in [3.8, 4) is 0 Å². The van der Waals surface area contributed by atoms with Crippen LogP contribution in [0.5, 0.6) is 0 Å². The van der Waals surface area contributed by atoms with E-state index in [1.54, 1.807) is 20.8 Å². The van der Waals surface area contributed by atoms with E-state index in [0.717, 1.165) is 11.1 Å². The first-order chi connectivity index (χ1) is 9.60. The van der Waals surface area contributed by atoms with Crippen LogP contribution in [-0.4, -0.2) is 28.7 Å². The Morgan fingerprint density at radius 2 is 1.95 bits per heavy atom. The number of rotatable bonds is 5. The maximum Gasteiger partial charge on any atom is 0.322 e. The zero-order chi connectivity index (χ0) is 16.2. The summed E-state index contributed by atoms with van der Waals surface area (Å²) in [5.41, 5.74) is 7.16. The van der Waals surface area contributed by atoms with Crippen LogP contribution in [0, 0.1) is 12.8 Å². The van der Waals surface area contributed by atoms with E-state index in [4.69, 9.17) is 10.5 Å². The molecule has 0 amide bonds. The van der Waals surface area contributed by atoms with Crippen LogP contribution in [0.4, 0.5) is 0 Å². The molecule has 0 aliphatic carbocycles. The number of esters is 1. The molecule has 0 spiro atoms. The number of hydrogen-bond donors (Lipinski definition) is 2. The van der Waals surface area contributed by atoms with Crippen molar-refractivity contribution in [2.24, 2.45) is 11.7 Å². The number of hydrogen-bond acceptors (Lipinski definition) is 4. The SMILES string of the molecule is Cc1cccc(CC(N)C(C(=O)O)C(=O)OC(C)(C)C)c1. The van der Waals surface area contributed by atoms with Gasteiger partial charge in [-0.25, -0.2) is 0 Å². The topological polar surface area (TPSA) is 89.6 Å². The van der Waals surface area contributed by atoms with E-state index >= 15 is 0 Å². The molecule has 0 fully saturated rings. The lowest BCUT2D eigenvalue weighted by molar-refractivity contribution is -0.167. The fourth-order valence-electron chi connectivity index (χ4n) is 2.05. The lowest BCUT2D eigenvalue weighted by Gasteiger charge is -2.25. The molecule has 5 heteroatoms. The normalized spacial score (nSPS) is 14.3. The molecule has 1 aromatic carbocycles. The Balaban J connectivity index is 2.85. The van der Waals surface area contributed by atoms with Gasteiger partial charge >= 0.3 is 11.9 Å². The van der Waals surface area contributed by atoms with Gasteiger partial charge in [-0.3, -0.25) is 9.59 Å². The van der Waals surface area contributed by atoms with Crippen LogP contribution >= 0.6 is 0 Å². The van der Waals surface area contributed by atoms with Crippen molar-refractivity contribution < 1.29 is 19.4 Å². The molecule has 116 valence electrons. The molecule has 0 saturated carbocycles. The lowest BCUT2D eigenvalue weighted by Crippen LogP contribution is -2.45. The predicted molar refractivity (Wildman–Crippen MR) is 79.8 cm³/mol. The molecule has 3 N–H and O–H groups in total. The van der Waals surface area contributed by atoms with E-state index in [1.807, 2.05) is 31.2 Å². The van der Waals surface area contributed by atoms with E-state index in [9.17, 15) is 14.7 Å². The Morgan fingerprint density at radius 1 is 1.33 bits per heavy atom. The molecular formula is C16H23NO4. The Morgan fingerprint density at radius 3 is 2.43 bits per heavy atom. The maximum atomic E-state index is 12.0. The molecule has 0 heterocycles. The highest BCUT2D eigenvalue weighted by Gasteiger charge is 2.36. The van der Waals surface area contributed by atoms with Crippen LogP contribution in [0.15, 0.2) is 24.3 Å². The van der Waals surface area contributed by atoms with Crippen molar-refractivity contribution in [3.05, 3.63) is 35.4 Å². The molecule has 2 atom stereocenters. The molecule has 1 aromatic rings. The van der Waals surface area contributed by atoms with E-state index in [1.165, 1.54) is 0 Å². The van der Waals surface area contributed by atoms with Gasteiger partial charge in [0.15, 0.2) is 5.92 Å². The van der Waals surface area contributed by atoms with Crippen molar-refractivity contribution in [2.75, 3.05) is 0 Å². The van der Waals surface area contributed by atoms with Gasteiger partial charge in [0.25, 0.3) is 0 Å². The van der Waals surface area contributed by atoms with Crippen molar-refractivity contribution in [1.82, 2.24) is 0 Å². The minimum absolute atomic E-state index is 0.303. The van der Waals surface area contributed by atoms with Gasteiger partial charge in [-0.1, -0.05) is 29.8 Å². The molecular weight excluding hydrogens is 270 g/mol. The quantitative estimate of drug-likeness (QED) is 0.639. The molecule has 0 radical (unpaired) electrons. The van der Waals surface area contributed by atoms with Crippen LogP contribution in [0.1, 0.15) is 31.9 Å². The van der Waals surface area contributed by atoms with Gasteiger partial charge in [0.05, 0.1) is 0 Å². The number of carbonyl (C=O) groups excluding carboxylic acids is 1. The molecule has 0 aliphatic rings. The molecule has 0 aromatic heterocycles. The number of nitrogens with two attached hydrogens (primary N) is 1. The monoisotopic (exact) mass is 293 g/mol. The predicted octanol–water partition coefficient (Wildman–Crippen LogP) is 1.91. The van der Waals surface area contributed by atoms with E-state index in [0.29, 0.717) is 6.42 Å². The van der Waals surface area contributed by atoms with Crippen LogP contribution in [0.25, 0.3) is 0 Å². The van der Waals surface area contributed by atoms with Crippen LogP contribution < -0.4 is 5.73 Å². The van der Waals surface area contributed by atoms with Crippen LogP contribution in [0.3, 0.4) is 0 Å². The highest BCUT2D eigenvalue weighted by Crippen LogP contribution is 2.17. The Kier molecular flexibility index (Phi) is 5.49. The average molecular weight is 293 g/mol. The van der Waals surface area contributed by atoms with Gasteiger partial charge < -0.3 is 15.6 Å². The summed E-state index contributed by atoms with van der Waals surface area (Å²) >= 11 is 0. The van der Waals surface area contributed by atoms with E-state index in [2.05, 4.69) is 0 Å². The second kappa shape index (κ2) is 6.72. The zero-order valence-electron chi connectivity index (χ0n) is 12.9. The number of carbonyl (C=O) groups is 2. The molecule has 1 rings (SSSR count). The molecule has 21 heavy (non-hydrogen) atoms. The van der Waals surface area contributed by atoms with Crippen LogP contribution in [0.2, 0.25) is 0 Å². The summed E-state index contributed by atoms with van der Waals surface area (Å²) in [4.78, 5) is 23.4. The highest BCUT2D eigenvalue weighted by molar-refractivity contribution is 5.95. The van der Waals surface area contributed by atoms with Gasteiger partial charge in [0.1, 0.15) is 5.60 Å². The molecule has 0 aliphatic heterocycles. The third kappa shape index (κ3) is 5.55. The molecule has 0 saturated heterocycles. The number of ether oxygens (including phenoxy) is 1. The van der Waals surface area contributed by atoms with Gasteiger partial charge in [-0.2, -0.15) is 0 Å². The summed E-state index contributed by atoms with van der Waals surface area (Å²) in [5, 5.41) is 9.26. The van der Waals surface area contributed by atoms with Gasteiger partial charge in [0, 0.05) is 6.04 Å². The Bertz CT molecular complexity index is 519. The second-order valence-electron chi connectivity index (χ2n) is 6.21. The second-order valence-corrected chi connectivity index (χ2v) is 6.21. The fourth-order valence-corrected chi connectivity index (χ4v) is 2.05. The number of carboxylic acids is 1. The van der Waals surface area contributed by atoms with Crippen molar-refractivity contribution in [2.45, 2.75) is 45.8 Å². The minimum Gasteiger partial charge on any atom is -0.481 e. The Labute approximate surface area is 125 Å². The van der Waals surface area contributed by atoms with Crippen molar-refractivity contribution in [3.63, 3.8) is 0 Å². The lowest BCUT2D eigenvalue weighted by atomic mass is 9.93. The summed E-state index contributed by atoms with van der Waals surface area (Å²) in [6.45, 7) is 7.01. The summed E-state index contributed by atoms with van der Waals surface area (Å²) in [6, 6.07) is 6.77. The third-order valence-electron chi connectivity index (χ3n) is 2.91. The number of carboxylic acid groups (broad SMARTS) is 1. The first-order valence-corrected chi connectivity index (χ1v) is 6.87. The minimum atomic E-state index is -1.37. The van der Waals surface area contributed by atoms with Gasteiger partial charge in [-0.05, 0) is 39.7 Å². The van der Waals surface area contributed by atoms with Crippen molar-refractivity contribution >= 4 is 11.9 Å². The average Bonchev–Trinajstić information content (AvgIpc) is 2.25. The van der Waals surface area contributed by atoms with Gasteiger partial charge in [-0.15, -0.1) is 0 Å². The van der Waals surface area contributed by atoms with E-state index < -0.39 is 29.5 Å². The first kappa shape index (κ1) is 17.2. The van der Waals surface area contributed by atoms with E-state index in [-0.39, 0.29) is 0 Å². The van der Waals surface area contributed by atoms with Crippen LogP contribution in [-0.2, 0) is 20.7 Å². The maximum absolute atomic E-state index is 12.0. The first-order valence-electron chi connectivity index (χ1n) is 6.87. The largest absolute Gasteiger partial charge is 0.481 e. The summed E-state index contributed by atoms with van der Waals surface area (Å²) in [5.74, 6) is -3.43. The standard InChI is InChI=1S/C16H23NO4/c1-10-6-5-7-11(8-10)9-12(17)13(14(18)19)15(20)21-16(2,3)4/h5-8,12-13H,9,17H2,1-4H3,(H,18,19). The molecule has 5 nitrogen and oxygen atoms in total. The number of aliphatic carboxylic acids is 1. The molecule has 0 bridgehead atoms. The summed E-state index contributed by atoms with van der Waals surface area (Å²) in [7, 11) is 0. The number of benzene rings is 1. The highest BCUT2D eigenvalue weighted by atomic mass is 16.6. The fraction of sp³-hybridized carbons (Fsp3) is 0.500. The molecule has 2 unspecified atom stereocenters. The van der Waals surface area contributed by atoms with Crippen molar-refractivity contribution in [1.29, 1.82) is 0 Å². The number of aryl methyl sites for hydroxylation is 1. The zero-order valence-corrected chi connectivity index (χ0v) is 12.9. The van der Waals surface area contributed by atoms with Gasteiger partial charge in [0.2, 0.25) is 0 Å². The smallest absolute Gasteiger partial charge is 0.322 e. The summed E-state index contributed by atoms with van der Waals surface area (Å²) < 4.78 is 5.14. The summed E-state index contributed by atoms with van der Waals surface area (Å²) in [6.07, 6.45) is 0.303.